The number of rotatable bonds is 2. The van der Waals surface area contributed by atoms with Gasteiger partial charge in [0.25, 0.3) is 0 Å². The van der Waals surface area contributed by atoms with E-state index >= 15 is 0 Å². The van der Waals surface area contributed by atoms with Gasteiger partial charge in [-0.3, -0.25) is 0 Å². The Kier molecular flexibility index (Phi) is 3.13. The summed E-state index contributed by atoms with van der Waals surface area (Å²) in [5.74, 6) is -0.245. The summed E-state index contributed by atoms with van der Waals surface area (Å²) in [5.41, 5.74) is 7.59. The van der Waals surface area contributed by atoms with Crippen molar-refractivity contribution >= 4 is 0 Å². The minimum absolute atomic E-state index is 0.210. The van der Waals surface area contributed by atoms with Gasteiger partial charge in [0.05, 0.1) is 5.54 Å². The smallest absolute Gasteiger partial charge is 0.123 e. The van der Waals surface area contributed by atoms with E-state index in [1.165, 1.54) is 12.1 Å². The van der Waals surface area contributed by atoms with E-state index in [1.54, 1.807) is 6.07 Å². The van der Waals surface area contributed by atoms with Gasteiger partial charge in [0.2, 0.25) is 0 Å². The lowest BCUT2D eigenvalue weighted by Gasteiger charge is -2.38. The normalized spacial score (nSPS) is 28.0. The zero-order chi connectivity index (χ0) is 12.5. The molecular weight excluding hydrogens is 215 g/mol. The second kappa shape index (κ2) is 4.43. The van der Waals surface area contributed by atoms with E-state index in [0.29, 0.717) is 0 Å². The first kappa shape index (κ1) is 12.0. The molecule has 1 aromatic rings. The fraction of sp³-hybridized carbons (Fsp3) is 0.286. The molecule has 2 unspecified atom stereocenters. The average molecular weight is 232 g/mol. The van der Waals surface area contributed by atoms with Crippen LogP contribution in [0.2, 0.25) is 0 Å². The summed E-state index contributed by atoms with van der Waals surface area (Å²) >= 11 is 0. The summed E-state index contributed by atoms with van der Waals surface area (Å²) < 4.78 is 13.3. The number of nitrogens with one attached hydrogen (secondary N) is 1. The highest BCUT2D eigenvalue weighted by molar-refractivity contribution is 5.41. The molecule has 0 fully saturated rings. The molecule has 2 atom stereocenters. The molecule has 1 aromatic carbocycles. The van der Waals surface area contributed by atoms with Crippen LogP contribution in [-0.2, 0) is 5.54 Å². The van der Waals surface area contributed by atoms with Crippen molar-refractivity contribution in [3.8, 4) is 0 Å². The van der Waals surface area contributed by atoms with Crippen LogP contribution >= 0.6 is 0 Å². The number of nitrogens with two attached hydrogens (primary N) is 1. The number of halogens is 1. The third kappa shape index (κ3) is 2.04. The summed E-state index contributed by atoms with van der Waals surface area (Å²) in [5, 5.41) is 3.22. The lowest BCUT2D eigenvalue weighted by atomic mass is 9.78. The Morgan fingerprint density at radius 1 is 1.41 bits per heavy atom. The molecule has 0 bridgehead atoms. The summed E-state index contributed by atoms with van der Waals surface area (Å²) in [6, 6.07) is 6.35. The second-order valence-corrected chi connectivity index (χ2v) is 4.40. The van der Waals surface area contributed by atoms with Gasteiger partial charge in [-0.05, 0) is 31.7 Å². The van der Waals surface area contributed by atoms with Crippen molar-refractivity contribution in [2.45, 2.75) is 18.5 Å². The zero-order valence-corrected chi connectivity index (χ0v) is 10.1. The number of likely N-dealkylation sites (N-methyl/N-ethyl adjacent to an activating group) is 1. The van der Waals surface area contributed by atoms with Crippen molar-refractivity contribution < 1.29 is 4.39 Å². The molecule has 0 heterocycles. The van der Waals surface area contributed by atoms with Gasteiger partial charge >= 0.3 is 0 Å². The van der Waals surface area contributed by atoms with Crippen LogP contribution in [0.4, 0.5) is 4.39 Å². The number of benzene rings is 1. The third-order valence-corrected chi connectivity index (χ3v) is 3.26. The molecule has 2 rings (SSSR count). The molecule has 0 aromatic heterocycles. The van der Waals surface area contributed by atoms with E-state index < -0.39 is 5.54 Å². The van der Waals surface area contributed by atoms with E-state index in [1.807, 2.05) is 38.3 Å². The van der Waals surface area contributed by atoms with Crippen molar-refractivity contribution in [2.24, 2.45) is 5.73 Å². The first-order chi connectivity index (χ1) is 8.08. The fourth-order valence-corrected chi connectivity index (χ4v) is 2.32. The van der Waals surface area contributed by atoms with Crippen molar-refractivity contribution in [2.75, 3.05) is 7.05 Å². The molecule has 0 radical (unpaired) electrons. The Labute approximate surface area is 101 Å². The number of hydrogen-bond donors (Lipinski definition) is 2. The van der Waals surface area contributed by atoms with Gasteiger partial charge < -0.3 is 11.1 Å². The van der Waals surface area contributed by atoms with Crippen molar-refractivity contribution in [3.63, 3.8) is 0 Å². The molecule has 3 heteroatoms. The van der Waals surface area contributed by atoms with Crippen LogP contribution in [0.25, 0.3) is 0 Å². The van der Waals surface area contributed by atoms with Gasteiger partial charge in [0.1, 0.15) is 5.82 Å². The minimum atomic E-state index is -0.527. The summed E-state index contributed by atoms with van der Waals surface area (Å²) in [7, 11) is 1.84. The van der Waals surface area contributed by atoms with Gasteiger partial charge in [0, 0.05) is 6.04 Å². The maximum absolute atomic E-state index is 13.3. The topological polar surface area (TPSA) is 38.0 Å². The lowest BCUT2D eigenvalue weighted by molar-refractivity contribution is 0.401. The predicted molar refractivity (Wildman–Crippen MR) is 68.0 cm³/mol. The summed E-state index contributed by atoms with van der Waals surface area (Å²) in [4.78, 5) is 0. The first-order valence-corrected chi connectivity index (χ1v) is 5.67. The van der Waals surface area contributed by atoms with Gasteiger partial charge in [0.15, 0.2) is 0 Å². The molecule has 0 spiro atoms. The first-order valence-electron chi connectivity index (χ1n) is 5.67. The van der Waals surface area contributed by atoms with Crippen molar-refractivity contribution in [3.05, 3.63) is 59.4 Å². The summed E-state index contributed by atoms with van der Waals surface area (Å²) in [6.07, 6.45) is 5.97. The van der Waals surface area contributed by atoms with Gasteiger partial charge in [-0.2, -0.15) is 0 Å². The second-order valence-electron chi connectivity index (χ2n) is 4.40. The van der Waals surface area contributed by atoms with Crippen LogP contribution < -0.4 is 11.1 Å². The molecule has 3 N–H and O–H groups in total. The molecule has 0 amide bonds. The highest BCUT2D eigenvalue weighted by atomic mass is 19.1. The third-order valence-electron chi connectivity index (χ3n) is 3.26. The van der Waals surface area contributed by atoms with E-state index in [4.69, 9.17) is 5.73 Å². The van der Waals surface area contributed by atoms with Gasteiger partial charge in [-0.15, -0.1) is 0 Å². The standard InChI is InChI=1S/C14H17FN2/c1-10-6-7-13(16)14(9-10,17-2)11-4-3-5-12(15)8-11/h3-9,13,17H,16H2,1-2H3. The van der Waals surface area contributed by atoms with Crippen molar-refractivity contribution in [1.29, 1.82) is 0 Å². The molecule has 90 valence electrons. The van der Waals surface area contributed by atoms with E-state index in [-0.39, 0.29) is 11.9 Å². The van der Waals surface area contributed by atoms with Crippen LogP contribution in [0, 0.1) is 5.82 Å². The predicted octanol–water partition coefficient (Wildman–Crippen LogP) is 2.08. The quantitative estimate of drug-likeness (QED) is 0.819. The number of allylic oxidation sites excluding steroid dienone is 2. The van der Waals surface area contributed by atoms with Crippen molar-refractivity contribution in [1.82, 2.24) is 5.32 Å². The van der Waals surface area contributed by atoms with Gasteiger partial charge in [-0.25, -0.2) is 4.39 Å². The molecule has 1 aliphatic rings. The molecule has 0 aliphatic heterocycles. The average Bonchev–Trinajstić information content (AvgIpc) is 2.32. The van der Waals surface area contributed by atoms with E-state index in [9.17, 15) is 4.39 Å². The van der Waals surface area contributed by atoms with E-state index in [2.05, 4.69) is 5.32 Å². The van der Waals surface area contributed by atoms with E-state index in [0.717, 1.165) is 11.1 Å². The molecule has 0 saturated heterocycles. The van der Waals surface area contributed by atoms with Crippen LogP contribution in [-0.4, -0.2) is 13.1 Å². The Morgan fingerprint density at radius 3 is 2.82 bits per heavy atom. The Bertz CT molecular complexity index is 479. The Balaban J connectivity index is 2.54. The maximum Gasteiger partial charge on any atom is 0.123 e. The van der Waals surface area contributed by atoms with Gasteiger partial charge in [-0.1, -0.05) is 35.9 Å². The maximum atomic E-state index is 13.3. The SMILES string of the molecule is CNC1(c2cccc(F)c2)C=C(C)C=CC1N. The Hall–Kier alpha value is -1.45. The van der Waals surface area contributed by atoms with Crippen LogP contribution in [0.3, 0.4) is 0 Å². The lowest BCUT2D eigenvalue weighted by Crippen LogP contribution is -2.53. The number of hydrogen-bond acceptors (Lipinski definition) is 2. The highest BCUT2D eigenvalue weighted by Crippen LogP contribution is 2.31. The van der Waals surface area contributed by atoms with Crippen LogP contribution in [0.15, 0.2) is 48.1 Å². The summed E-state index contributed by atoms with van der Waals surface area (Å²) in [6.45, 7) is 2.01. The molecule has 1 aliphatic carbocycles. The molecular formula is C14H17FN2. The van der Waals surface area contributed by atoms with Crippen LogP contribution in [0.5, 0.6) is 0 Å². The monoisotopic (exact) mass is 232 g/mol. The molecule has 0 saturated carbocycles. The fourth-order valence-electron chi connectivity index (χ4n) is 2.32. The minimum Gasteiger partial charge on any atom is -0.322 e. The largest absolute Gasteiger partial charge is 0.322 e. The highest BCUT2D eigenvalue weighted by Gasteiger charge is 2.35. The molecule has 17 heavy (non-hydrogen) atoms. The molecule has 2 nitrogen and oxygen atoms in total. The zero-order valence-electron chi connectivity index (χ0n) is 10.1. The Morgan fingerprint density at radius 2 is 2.18 bits per heavy atom. The van der Waals surface area contributed by atoms with Crippen LogP contribution in [0.1, 0.15) is 12.5 Å².